The topological polar surface area (TPSA) is 54.5 Å². The fourth-order valence-electron chi connectivity index (χ4n) is 1.37. The first-order chi connectivity index (χ1) is 13.5. The Morgan fingerprint density at radius 1 is 0.818 bits per heavy atom. The summed E-state index contributed by atoms with van der Waals surface area (Å²) in [6, 6.07) is 12.1. The van der Waals surface area contributed by atoms with Gasteiger partial charge in [-0.05, 0) is 38.3 Å². The number of aromatic nitrogens is 4. The predicted molar refractivity (Wildman–Crippen MR) is 154 cm³/mol. The Morgan fingerprint density at radius 2 is 1.33 bits per heavy atom. The van der Waals surface area contributed by atoms with Crippen molar-refractivity contribution in [3.8, 4) is 0 Å². The highest BCUT2D eigenvalue weighted by Gasteiger charge is 2.12. The van der Waals surface area contributed by atoms with E-state index in [0.29, 0.717) is 0 Å². The number of aromatic amines is 1. The number of unbranched alkanes of at least 4 members (excludes halogenated alkanes) is 1. The molecule has 4 rings (SSSR count). The lowest BCUT2D eigenvalue weighted by atomic mass is 10.2. The van der Waals surface area contributed by atoms with Gasteiger partial charge in [-0.3, -0.25) is 5.10 Å². The molecule has 0 aliphatic heterocycles. The second-order valence-electron chi connectivity index (χ2n) is 6.96. The molecule has 194 valence electrons. The van der Waals surface area contributed by atoms with E-state index in [1.165, 1.54) is 43.1 Å². The molecule has 1 fully saturated rings. The van der Waals surface area contributed by atoms with E-state index in [-0.39, 0.29) is 37.1 Å². The van der Waals surface area contributed by atoms with Crippen molar-refractivity contribution >= 4 is 0 Å². The number of nitrogens with one attached hydrogen (secondary N) is 1. The summed E-state index contributed by atoms with van der Waals surface area (Å²) >= 11 is 0. The van der Waals surface area contributed by atoms with Crippen LogP contribution in [0.1, 0.15) is 100 Å². The molecule has 0 unspecified atom stereocenters. The normalized spacial score (nSPS) is 9.39. The SMILES string of the molecule is C.C.C.C.C.CC1CC1.CCCC.Cc1ccccc1.Cc1ccncn1.Cc1cn[nH]c1. The lowest BCUT2D eigenvalue weighted by molar-refractivity contribution is 0.886. The Kier molecular flexibility index (Phi) is 42.5. The third-order valence-corrected chi connectivity index (χ3v) is 3.67. The van der Waals surface area contributed by atoms with Gasteiger partial charge in [-0.15, -0.1) is 0 Å². The molecule has 2 heterocycles. The number of H-pyrrole nitrogens is 1. The van der Waals surface area contributed by atoms with Gasteiger partial charge in [0, 0.05) is 18.1 Å². The fourth-order valence-corrected chi connectivity index (χ4v) is 1.37. The van der Waals surface area contributed by atoms with E-state index >= 15 is 0 Å². The smallest absolute Gasteiger partial charge is 0.115 e. The van der Waals surface area contributed by atoms with Gasteiger partial charge in [-0.25, -0.2) is 9.97 Å². The zero-order valence-corrected chi connectivity index (χ0v) is 18.5. The molecule has 0 saturated heterocycles. The first-order valence-corrected chi connectivity index (χ1v) is 10.2. The van der Waals surface area contributed by atoms with Gasteiger partial charge >= 0.3 is 0 Å². The Hall–Kier alpha value is -2.49. The number of hydrogen-bond donors (Lipinski definition) is 1. The molecule has 1 saturated carbocycles. The van der Waals surface area contributed by atoms with Gasteiger partial charge in [0.2, 0.25) is 0 Å². The molecule has 0 spiro atoms. The van der Waals surface area contributed by atoms with Crippen molar-refractivity contribution in [1.29, 1.82) is 0 Å². The maximum Gasteiger partial charge on any atom is 0.115 e. The van der Waals surface area contributed by atoms with Crippen LogP contribution in [-0.4, -0.2) is 20.2 Å². The number of rotatable bonds is 1. The summed E-state index contributed by atoms with van der Waals surface area (Å²) in [5.74, 6) is 1.08. The monoisotopic (exact) mass is 462 g/mol. The summed E-state index contributed by atoms with van der Waals surface area (Å²) in [6.07, 6.45) is 12.5. The summed E-state index contributed by atoms with van der Waals surface area (Å²) in [5.41, 5.74) is 3.51. The number of hydrogen-bond acceptors (Lipinski definition) is 3. The molecule has 0 bridgehead atoms. The van der Waals surface area contributed by atoms with Gasteiger partial charge in [-0.2, -0.15) is 5.10 Å². The van der Waals surface area contributed by atoms with Crippen molar-refractivity contribution in [3.63, 3.8) is 0 Å². The van der Waals surface area contributed by atoms with Crippen LogP contribution in [-0.2, 0) is 0 Å². The summed E-state index contributed by atoms with van der Waals surface area (Å²) in [4.78, 5) is 7.60. The van der Waals surface area contributed by atoms with E-state index in [9.17, 15) is 0 Å². The quantitative estimate of drug-likeness (QED) is 0.391. The van der Waals surface area contributed by atoms with Gasteiger partial charge in [0.1, 0.15) is 6.33 Å². The molecule has 33 heavy (non-hydrogen) atoms. The van der Waals surface area contributed by atoms with Gasteiger partial charge in [0.05, 0.1) is 6.20 Å². The predicted octanol–water partition coefficient (Wildman–Crippen LogP) is 9.90. The number of benzene rings is 1. The van der Waals surface area contributed by atoms with Crippen molar-refractivity contribution in [2.75, 3.05) is 0 Å². The molecule has 4 nitrogen and oxygen atoms in total. The van der Waals surface area contributed by atoms with Crippen molar-refractivity contribution in [1.82, 2.24) is 20.2 Å². The lowest BCUT2D eigenvalue weighted by Crippen LogP contribution is -1.77. The molecule has 3 aromatic rings. The largest absolute Gasteiger partial charge is 0.285 e. The van der Waals surface area contributed by atoms with Crippen molar-refractivity contribution in [2.24, 2.45) is 5.92 Å². The summed E-state index contributed by atoms with van der Waals surface area (Å²) in [7, 11) is 0. The molecule has 1 aliphatic carbocycles. The first-order valence-electron chi connectivity index (χ1n) is 10.2. The first kappa shape index (κ1) is 44.2. The average Bonchev–Trinajstić information content (AvgIpc) is 3.35. The standard InChI is InChI=1S/C7H8.C5H6N2.C4H6N2.C4H8.C4H10.5CH4/c1-7-5-3-2-4-6-7;1-5-2-3-6-4-7-5;1-4-2-5-6-3-4;1-4-2-3-4;1-3-4-2;;;;;/h2-6H,1H3;2-4H,1H3;2-3H,1H3,(H,5,6);4H,2-3H2,1H3;3-4H2,1-2H3;5*1H4. The fraction of sp³-hybridized carbons (Fsp3) is 0.552. The third kappa shape index (κ3) is 37.2. The zero-order valence-electron chi connectivity index (χ0n) is 18.5. The van der Waals surface area contributed by atoms with Gasteiger partial charge < -0.3 is 0 Å². The molecular formula is C29H58N4. The van der Waals surface area contributed by atoms with E-state index in [4.69, 9.17) is 0 Å². The van der Waals surface area contributed by atoms with Gasteiger partial charge in [0.15, 0.2) is 0 Å². The molecule has 4 heteroatoms. The van der Waals surface area contributed by atoms with Crippen molar-refractivity contribution in [2.45, 2.75) is 104 Å². The van der Waals surface area contributed by atoms with Crippen LogP contribution in [0.2, 0.25) is 0 Å². The highest BCUT2D eigenvalue weighted by molar-refractivity contribution is 5.11. The van der Waals surface area contributed by atoms with Crippen LogP contribution in [0.5, 0.6) is 0 Å². The van der Waals surface area contributed by atoms with E-state index in [1.807, 2.05) is 44.3 Å². The highest BCUT2D eigenvalue weighted by atomic mass is 15.1. The van der Waals surface area contributed by atoms with E-state index in [1.54, 1.807) is 12.4 Å². The third-order valence-electron chi connectivity index (χ3n) is 3.67. The van der Waals surface area contributed by atoms with Crippen molar-refractivity contribution in [3.05, 3.63) is 78.1 Å². The highest BCUT2D eigenvalue weighted by Crippen LogP contribution is 2.26. The molecule has 1 aliphatic rings. The van der Waals surface area contributed by atoms with E-state index < -0.39 is 0 Å². The van der Waals surface area contributed by atoms with Gasteiger partial charge in [0.25, 0.3) is 0 Å². The molecule has 1 aromatic carbocycles. The van der Waals surface area contributed by atoms with Crippen LogP contribution >= 0.6 is 0 Å². The zero-order chi connectivity index (χ0) is 21.0. The van der Waals surface area contributed by atoms with Crippen LogP contribution in [0.25, 0.3) is 0 Å². The number of nitrogens with zero attached hydrogens (tertiary/aromatic N) is 3. The Morgan fingerprint density at radius 3 is 1.48 bits per heavy atom. The van der Waals surface area contributed by atoms with Crippen LogP contribution in [0.15, 0.2) is 61.3 Å². The molecular weight excluding hydrogens is 404 g/mol. The minimum Gasteiger partial charge on any atom is -0.285 e. The summed E-state index contributed by atoms with van der Waals surface area (Å²) in [5, 5.41) is 6.38. The second-order valence-corrected chi connectivity index (χ2v) is 6.96. The molecule has 0 amide bonds. The maximum absolute atomic E-state index is 3.87. The molecule has 0 atom stereocenters. The van der Waals surface area contributed by atoms with Gasteiger partial charge in [-0.1, -0.05) is 119 Å². The average molecular weight is 463 g/mol. The van der Waals surface area contributed by atoms with Crippen LogP contribution < -0.4 is 0 Å². The van der Waals surface area contributed by atoms with Crippen LogP contribution in [0.3, 0.4) is 0 Å². The summed E-state index contributed by atoms with van der Waals surface area (Å²) < 4.78 is 0. The molecule has 2 aromatic heterocycles. The van der Waals surface area contributed by atoms with E-state index in [2.05, 4.69) is 60.0 Å². The minimum absolute atomic E-state index is 0. The Labute approximate surface area is 208 Å². The molecule has 0 radical (unpaired) electrons. The Bertz CT molecular complexity index is 609. The molecule has 1 N–H and O–H groups in total. The number of aryl methyl sites for hydroxylation is 3. The Balaban J connectivity index is -0.0000000676. The minimum atomic E-state index is 0. The second kappa shape index (κ2) is 31.7. The van der Waals surface area contributed by atoms with E-state index in [0.717, 1.165) is 11.6 Å². The summed E-state index contributed by atoms with van der Waals surface area (Å²) in [6.45, 7) is 12.6. The van der Waals surface area contributed by atoms with Crippen LogP contribution in [0, 0.1) is 26.7 Å². The van der Waals surface area contributed by atoms with Crippen LogP contribution in [0.4, 0.5) is 0 Å². The lowest BCUT2D eigenvalue weighted by Gasteiger charge is -1.82. The van der Waals surface area contributed by atoms with Crippen molar-refractivity contribution < 1.29 is 0 Å². The maximum atomic E-state index is 3.87.